The Morgan fingerprint density at radius 3 is 2.37 bits per heavy atom. The smallest absolute Gasteiger partial charge is 0.254 e. The molecule has 9 heteroatoms. The van der Waals surface area contributed by atoms with Gasteiger partial charge in [0.05, 0.1) is 10.5 Å². The fourth-order valence-electron chi connectivity index (χ4n) is 3.55. The number of rotatable bonds is 8. The highest BCUT2D eigenvalue weighted by Crippen LogP contribution is 2.27. The van der Waals surface area contributed by atoms with Gasteiger partial charge in [0, 0.05) is 13.1 Å². The molecule has 162 valence electrons. The summed E-state index contributed by atoms with van der Waals surface area (Å²) in [7, 11) is -3.89. The van der Waals surface area contributed by atoms with Gasteiger partial charge in [-0.2, -0.15) is 0 Å². The Morgan fingerprint density at radius 2 is 1.67 bits per heavy atom. The van der Waals surface area contributed by atoms with Crippen molar-refractivity contribution >= 4 is 15.9 Å². The third-order valence-corrected chi connectivity index (χ3v) is 6.71. The first-order valence-electron chi connectivity index (χ1n) is 9.77. The molecule has 0 spiro atoms. The largest absolute Gasteiger partial charge is 0.348 e. The van der Waals surface area contributed by atoms with E-state index in [1.807, 2.05) is 0 Å². The lowest BCUT2D eigenvalue weighted by Crippen LogP contribution is -2.27. The lowest BCUT2D eigenvalue weighted by atomic mass is 10.1. The fraction of sp³-hybridized carbons (Fsp3) is 0.381. The van der Waals surface area contributed by atoms with Crippen molar-refractivity contribution in [3.8, 4) is 0 Å². The van der Waals surface area contributed by atoms with Crippen LogP contribution < -0.4 is 10.0 Å². The molecule has 1 aliphatic rings. The third-order valence-electron chi connectivity index (χ3n) is 5.25. The van der Waals surface area contributed by atoms with Gasteiger partial charge in [-0.25, -0.2) is 26.3 Å². The number of benzene rings is 2. The van der Waals surface area contributed by atoms with E-state index in [4.69, 9.17) is 0 Å². The molecule has 0 atom stereocenters. The summed E-state index contributed by atoms with van der Waals surface area (Å²) in [5, 5.41) is 2.38. The SMILES string of the molecule is O=C(NCc1ccc(F)c(F)c1)c1cc(S(=O)(=O)NCCC2CCCC2)ccc1F. The van der Waals surface area contributed by atoms with E-state index in [9.17, 15) is 26.4 Å². The van der Waals surface area contributed by atoms with Crippen LogP contribution in [-0.4, -0.2) is 20.9 Å². The van der Waals surface area contributed by atoms with Crippen LogP contribution in [-0.2, 0) is 16.6 Å². The number of hydrogen-bond acceptors (Lipinski definition) is 3. The van der Waals surface area contributed by atoms with E-state index in [1.54, 1.807) is 0 Å². The number of sulfonamides is 1. The molecule has 2 N–H and O–H groups in total. The van der Waals surface area contributed by atoms with Gasteiger partial charge in [-0.3, -0.25) is 4.79 Å². The van der Waals surface area contributed by atoms with Gasteiger partial charge in [-0.1, -0.05) is 31.7 Å². The second kappa shape index (κ2) is 9.61. The molecule has 1 saturated carbocycles. The van der Waals surface area contributed by atoms with E-state index in [2.05, 4.69) is 10.0 Å². The molecule has 0 aromatic heterocycles. The summed E-state index contributed by atoms with van der Waals surface area (Å²) in [4.78, 5) is 12.1. The highest BCUT2D eigenvalue weighted by atomic mass is 32.2. The standard InChI is InChI=1S/C21H23F3N2O3S/c22-18-8-6-16(30(28,29)26-10-9-14-3-1-2-4-14)12-17(18)21(27)25-13-15-5-7-19(23)20(24)11-15/h5-8,11-12,14,26H,1-4,9-10,13H2,(H,25,27). The lowest BCUT2D eigenvalue weighted by molar-refractivity contribution is 0.0946. The predicted molar refractivity (Wildman–Crippen MR) is 106 cm³/mol. The topological polar surface area (TPSA) is 75.3 Å². The summed E-state index contributed by atoms with van der Waals surface area (Å²) in [6, 6.07) is 6.10. The number of carbonyl (C=O) groups is 1. The van der Waals surface area contributed by atoms with Crippen LogP contribution in [0.3, 0.4) is 0 Å². The molecule has 1 fully saturated rings. The highest BCUT2D eigenvalue weighted by Gasteiger charge is 2.21. The van der Waals surface area contributed by atoms with Crippen molar-refractivity contribution in [2.45, 2.75) is 43.5 Å². The van der Waals surface area contributed by atoms with Crippen molar-refractivity contribution in [3.05, 3.63) is 65.0 Å². The first-order chi connectivity index (χ1) is 14.3. The van der Waals surface area contributed by atoms with Crippen LogP contribution in [0, 0.1) is 23.4 Å². The lowest BCUT2D eigenvalue weighted by Gasteiger charge is -2.12. The molecule has 2 aromatic rings. The summed E-state index contributed by atoms with van der Waals surface area (Å²) < 4.78 is 67.8. The van der Waals surface area contributed by atoms with Gasteiger partial charge in [0.15, 0.2) is 11.6 Å². The molecule has 0 heterocycles. The molecular formula is C21H23F3N2O3S. The molecular weight excluding hydrogens is 417 g/mol. The third kappa shape index (κ3) is 5.60. The maximum Gasteiger partial charge on any atom is 0.254 e. The molecule has 1 aliphatic carbocycles. The van der Waals surface area contributed by atoms with Gasteiger partial charge in [0.1, 0.15) is 5.82 Å². The highest BCUT2D eigenvalue weighted by molar-refractivity contribution is 7.89. The number of carbonyl (C=O) groups excluding carboxylic acids is 1. The first kappa shape index (κ1) is 22.3. The van der Waals surface area contributed by atoms with Crippen molar-refractivity contribution in [2.24, 2.45) is 5.92 Å². The number of halogens is 3. The van der Waals surface area contributed by atoms with E-state index >= 15 is 0 Å². The molecule has 0 unspecified atom stereocenters. The van der Waals surface area contributed by atoms with Gasteiger partial charge in [-0.05, 0) is 48.2 Å². The summed E-state index contributed by atoms with van der Waals surface area (Å²) in [6.45, 7) is 0.105. The number of nitrogens with one attached hydrogen (secondary N) is 2. The first-order valence-corrected chi connectivity index (χ1v) is 11.3. The zero-order valence-electron chi connectivity index (χ0n) is 16.3. The Morgan fingerprint density at radius 1 is 0.967 bits per heavy atom. The van der Waals surface area contributed by atoms with Gasteiger partial charge in [-0.15, -0.1) is 0 Å². The second-order valence-corrected chi connectivity index (χ2v) is 9.18. The van der Waals surface area contributed by atoms with Crippen LogP contribution in [0.5, 0.6) is 0 Å². The Labute approximate surface area is 173 Å². The average molecular weight is 440 g/mol. The molecule has 3 rings (SSSR count). The molecule has 0 bridgehead atoms. The Bertz CT molecular complexity index is 1020. The van der Waals surface area contributed by atoms with Crippen molar-refractivity contribution in [1.82, 2.24) is 10.0 Å². The van der Waals surface area contributed by atoms with Crippen LogP contribution in [0.15, 0.2) is 41.3 Å². The minimum absolute atomic E-state index is 0.175. The van der Waals surface area contributed by atoms with Gasteiger partial charge in [0.2, 0.25) is 10.0 Å². The minimum Gasteiger partial charge on any atom is -0.348 e. The van der Waals surface area contributed by atoms with E-state index in [1.165, 1.54) is 18.9 Å². The monoisotopic (exact) mass is 440 g/mol. The predicted octanol–water partition coefficient (Wildman–Crippen LogP) is 3.89. The van der Waals surface area contributed by atoms with E-state index < -0.39 is 38.9 Å². The molecule has 0 aliphatic heterocycles. The zero-order valence-corrected chi connectivity index (χ0v) is 17.1. The minimum atomic E-state index is -3.89. The zero-order chi connectivity index (χ0) is 21.7. The van der Waals surface area contributed by atoms with Gasteiger partial charge in [0.25, 0.3) is 5.91 Å². The molecule has 0 radical (unpaired) electrons. The normalized spacial score (nSPS) is 14.8. The van der Waals surface area contributed by atoms with Crippen molar-refractivity contribution < 1.29 is 26.4 Å². The summed E-state index contributed by atoms with van der Waals surface area (Å²) in [5.74, 6) is -3.32. The van der Waals surface area contributed by atoms with Crippen molar-refractivity contribution in [2.75, 3.05) is 6.54 Å². The molecule has 0 saturated heterocycles. The summed E-state index contributed by atoms with van der Waals surface area (Å²) in [5.41, 5.74) is -0.170. The van der Waals surface area contributed by atoms with Gasteiger partial charge < -0.3 is 5.32 Å². The molecule has 30 heavy (non-hydrogen) atoms. The quantitative estimate of drug-likeness (QED) is 0.654. The van der Waals surface area contributed by atoms with E-state index in [-0.39, 0.29) is 23.5 Å². The second-order valence-electron chi connectivity index (χ2n) is 7.41. The average Bonchev–Trinajstić information content (AvgIpc) is 3.22. The van der Waals surface area contributed by atoms with Crippen LogP contribution in [0.25, 0.3) is 0 Å². The molecule has 1 amide bonds. The van der Waals surface area contributed by atoms with Crippen LogP contribution in [0.2, 0.25) is 0 Å². The van der Waals surface area contributed by atoms with Crippen LogP contribution in [0.1, 0.15) is 48.0 Å². The Hall–Kier alpha value is -2.39. The summed E-state index contributed by atoms with van der Waals surface area (Å²) >= 11 is 0. The van der Waals surface area contributed by atoms with Crippen molar-refractivity contribution in [1.29, 1.82) is 0 Å². The van der Waals surface area contributed by atoms with E-state index in [0.717, 1.165) is 49.6 Å². The number of hydrogen-bond donors (Lipinski definition) is 2. The molecule has 2 aromatic carbocycles. The summed E-state index contributed by atoms with van der Waals surface area (Å²) in [6.07, 6.45) is 5.26. The maximum absolute atomic E-state index is 14.1. The fourth-order valence-corrected chi connectivity index (χ4v) is 4.63. The Balaban J connectivity index is 1.65. The Kier molecular flexibility index (Phi) is 7.14. The molecule has 5 nitrogen and oxygen atoms in total. The maximum atomic E-state index is 14.1. The van der Waals surface area contributed by atoms with Crippen LogP contribution >= 0.6 is 0 Å². The number of amides is 1. The van der Waals surface area contributed by atoms with Crippen LogP contribution in [0.4, 0.5) is 13.2 Å². The van der Waals surface area contributed by atoms with E-state index in [0.29, 0.717) is 5.92 Å². The van der Waals surface area contributed by atoms with Gasteiger partial charge >= 0.3 is 0 Å². The van der Waals surface area contributed by atoms with Crippen molar-refractivity contribution in [3.63, 3.8) is 0 Å².